The molecule has 2 nitrogen and oxygen atoms in total. The highest BCUT2D eigenvalue weighted by atomic mass is 16.5. The van der Waals surface area contributed by atoms with Crippen molar-refractivity contribution >= 4 is 5.71 Å². The second kappa shape index (κ2) is 6.74. The van der Waals surface area contributed by atoms with Gasteiger partial charge in [0.05, 0.1) is 6.54 Å². The van der Waals surface area contributed by atoms with Gasteiger partial charge in [0, 0.05) is 11.3 Å². The molecule has 2 heteroatoms. The number of aliphatic imine (C=N–C) groups is 1. The van der Waals surface area contributed by atoms with Gasteiger partial charge >= 0.3 is 0 Å². The second-order valence-electron chi connectivity index (χ2n) is 5.84. The molecular formula is C17H25NO. The summed E-state index contributed by atoms with van der Waals surface area (Å²) >= 11 is 0. The molecule has 0 bridgehead atoms. The predicted octanol–water partition coefficient (Wildman–Crippen LogP) is 4.33. The molecule has 0 spiro atoms. The molecule has 0 radical (unpaired) electrons. The van der Waals surface area contributed by atoms with E-state index >= 15 is 0 Å². The van der Waals surface area contributed by atoms with Crippen molar-refractivity contribution < 1.29 is 4.74 Å². The topological polar surface area (TPSA) is 21.6 Å². The molecule has 1 heterocycles. The largest absolute Gasteiger partial charge is 0.491 e. The number of rotatable bonds is 5. The third-order valence-corrected chi connectivity index (χ3v) is 3.68. The molecule has 0 saturated carbocycles. The fourth-order valence-corrected chi connectivity index (χ4v) is 2.60. The summed E-state index contributed by atoms with van der Waals surface area (Å²) in [4.78, 5) is 4.75. The first kappa shape index (κ1) is 14.1. The second-order valence-corrected chi connectivity index (χ2v) is 5.84. The molecule has 104 valence electrons. The maximum Gasteiger partial charge on any atom is 0.128 e. The summed E-state index contributed by atoms with van der Waals surface area (Å²) in [6.07, 6.45) is 3.79. The van der Waals surface area contributed by atoms with Crippen LogP contribution in [0.2, 0.25) is 0 Å². The predicted molar refractivity (Wildman–Crippen MR) is 81.2 cm³/mol. The SMILES string of the molecule is CC(C)CCCC(C)C1=NCCOc2ccccc21. The summed E-state index contributed by atoms with van der Waals surface area (Å²) in [5.41, 5.74) is 2.42. The molecule has 1 aliphatic rings. The summed E-state index contributed by atoms with van der Waals surface area (Å²) in [6.45, 7) is 8.34. The van der Waals surface area contributed by atoms with Gasteiger partial charge in [-0.3, -0.25) is 4.99 Å². The molecule has 1 aromatic carbocycles. The van der Waals surface area contributed by atoms with Crippen LogP contribution in [0.5, 0.6) is 5.75 Å². The third kappa shape index (κ3) is 3.82. The molecule has 1 unspecified atom stereocenters. The average molecular weight is 259 g/mol. The molecule has 0 aromatic heterocycles. The Kier molecular flexibility index (Phi) is 5.00. The Balaban J connectivity index is 2.08. The lowest BCUT2D eigenvalue weighted by Crippen LogP contribution is -2.13. The lowest BCUT2D eigenvalue weighted by Gasteiger charge is -2.16. The van der Waals surface area contributed by atoms with Crippen LogP contribution in [0.3, 0.4) is 0 Å². The van der Waals surface area contributed by atoms with E-state index in [1.54, 1.807) is 0 Å². The Hall–Kier alpha value is -1.31. The van der Waals surface area contributed by atoms with E-state index in [1.807, 2.05) is 6.07 Å². The lowest BCUT2D eigenvalue weighted by atomic mass is 9.91. The zero-order valence-corrected chi connectivity index (χ0v) is 12.4. The van der Waals surface area contributed by atoms with Crippen LogP contribution in [0.4, 0.5) is 0 Å². The first-order valence-electron chi connectivity index (χ1n) is 7.45. The van der Waals surface area contributed by atoms with E-state index in [1.165, 1.54) is 30.5 Å². The van der Waals surface area contributed by atoms with Crippen LogP contribution in [0.25, 0.3) is 0 Å². The van der Waals surface area contributed by atoms with Crippen LogP contribution in [0, 0.1) is 11.8 Å². The van der Waals surface area contributed by atoms with Crippen molar-refractivity contribution in [2.24, 2.45) is 16.8 Å². The maximum atomic E-state index is 5.76. The minimum Gasteiger partial charge on any atom is -0.491 e. The molecule has 0 amide bonds. The monoisotopic (exact) mass is 259 g/mol. The smallest absolute Gasteiger partial charge is 0.128 e. The molecule has 1 aromatic rings. The van der Waals surface area contributed by atoms with Gasteiger partial charge in [-0.2, -0.15) is 0 Å². The Morgan fingerprint density at radius 2 is 1.95 bits per heavy atom. The number of hydrogen-bond donors (Lipinski definition) is 0. The van der Waals surface area contributed by atoms with Gasteiger partial charge in [0.2, 0.25) is 0 Å². The summed E-state index contributed by atoms with van der Waals surface area (Å²) in [6, 6.07) is 8.30. The number of ether oxygens (including phenoxy) is 1. The molecule has 19 heavy (non-hydrogen) atoms. The van der Waals surface area contributed by atoms with E-state index in [0.717, 1.165) is 18.2 Å². The minimum atomic E-state index is 0.515. The molecule has 0 fully saturated rings. The first-order valence-corrected chi connectivity index (χ1v) is 7.45. The van der Waals surface area contributed by atoms with Crippen molar-refractivity contribution in [2.75, 3.05) is 13.2 Å². The third-order valence-electron chi connectivity index (χ3n) is 3.68. The number of nitrogens with zero attached hydrogens (tertiary/aromatic N) is 1. The number of benzene rings is 1. The summed E-state index contributed by atoms with van der Waals surface area (Å²) < 4.78 is 5.76. The molecule has 0 saturated heterocycles. The van der Waals surface area contributed by atoms with Crippen LogP contribution in [0.15, 0.2) is 29.3 Å². The van der Waals surface area contributed by atoms with E-state index in [0.29, 0.717) is 12.5 Å². The van der Waals surface area contributed by atoms with Gasteiger partial charge < -0.3 is 4.74 Å². The van der Waals surface area contributed by atoms with Crippen LogP contribution in [-0.2, 0) is 0 Å². The van der Waals surface area contributed by atoms with E-state index in [4.69, 9.17) is 9.73 Å². The van der Waals surface area contributed by atoms with Crippen molar-refractivity contribution in [3.05, 3.63) is 29.8 Å². The number of para-hydroxylation sites is 1. The van der Waals surface area contributed by atoms with Gasteiger partial charge in [-0.05, 0) is 30.4 Å². The van der Waals surface area contributed by atoms with Crippen LogP contribution < -0.4 is 4.74 Å². The van der Waals surface area contributed by atoms with Crippen molar-refractivity contribution in [1.82, 2.24) is 0 Å². The van der Waals surface area contributed by atoms with Gasteiger partial charge in [0.15, 0.2) is 0 Å². The van der Waals surface area contributed by atoms with Crippen LogP contribution in [0.1, 0.15) is 45.6 Å². The van der Waals surface area contributed by atoms with Crippen molar-refractivity contribution in [1.29, 1.82) is 0 Å². The van der Waals surface area contributed by atoms with Crippen molar-refractivity contribution in [3.8, 4) is 5.75 Å². The fraction of sp³-hybridized carbons (Fsp3) is 0.588. The Morgan fingerprint density at radius 1 is 1.16 bits per heavy atom. The van der Waals surface area contributed by atoms with Gasteiger partial charge in [0.1, 0.15) is 12.4 Å². The molecular weight excluding hydrogens is 234 g/mol. The van der Waals surface area contributed by atoms with E-state index < -0.39 is 0 Å². The summed E-state index contributed by atoms with van der Waals surface area (Å²) in [7, 11) is 0. The minimum absolute atomic E-state index is 0.515. The van der Waals surface area contributed by atoms with Gasteiger partial charge in [0.25, 0.3) is 0 Å². The van der Waals surface area contributed by atoms with Gasteiger partial charge in [-0.15, -0.1) is 0 Å². The molecule has 0 N–H and O–H groups in total. The summed E-state index contributed by atoms with van der Waals surface area (Å²) in [5, 5.41) is 0. The molecule has 1 aliphatic heterocycles. The summed E-state index contributed by atoms with van der Waals surface area (Å²) in [5.74, 6) is 2.30. The number of fused-ring (bicyclic) bond motifs is 1. The zero-order chi connectivity index (χ0) is 13.7. The zero-order valence-electron chi connectivity index (χ0n) is 12.4. The highest BCUT2D eigenvalue weighted by molar-refractivity contribution is 6.04. The quantitative estimate of drug-likeness (QED) is 0.771. The van der Waals surface area contributed by atoms with E-state index in [9.17, 15) is 0 Å². The highest BCUT2D eigenvalue weighted by Crippen LogP contribution is 2.26. The number of hydrogen-bond acceptors (Lipinski definition) is 2. The van der Waals surface area contributed by atoms with E-state index in [2.05, 4.69) is 39.0 Å². The molecule has 1 atom stereocenters. The Labute approximate surface area is 116 Å². The Morgan fingerprint density at radius 3 is 2.74 bits per heavy atom. The van der Waals surface area contributed by atoms with Crippen molar-refractivity contribution in [3.63, 3.8) is 0 Å². The van der Waals surface area contributed by atoms with E-state index in [-0.39, 0.29) is 0 Å². The van der Waals surface area contributed by atoms with Crippen molar-refractivity contribution in [2.45, 2.75) is 40.0 Å². The van der Waals surface area contributed by atoms with Gasteiger partial charge in [-0.1, -0.05) is 45.7 Å². The standard InChI is InChI=1S/C17H25NO/c1-13(2)7-6-8-14(3)17-15-9-4-5-10-16(15)19-12-11-18-17/h4-5,9-10,13-14H,6-8,11-12H2,1-3H3. The fourth-order valence-electron chi connectivity index (χ4n) is 2.60. The maximum absolute atomic E-state index is 5.76. The normalized spacial score (nSPS) is 16.3. The van der Waals surface area contributed by atoms with Crippen LogP contribution >= 0.6 is 0 Å². The molecule has 0 aliphatic carbocycles. The Bertz CT molecular complexity index is 437. The highest BCUT2D eigenvalue weighted by Gasteiger charge is 2.18. The first-order chi connectivity index (χ1) is 9.18. The molecule has 2 rings (SSSR count). The average Bonchev–Trinajstić information content (AvgIpc) is 2.60. The van der Waals surface area contributed by atoms with Crippen LogP contribution in [-0.4, -0.2) is 18.9 Å². The lowest BCUT2D eigenvalue weighted by molar-refractivity contribution is 0.331. The van der Waals surface area contributed by atoms with Gasteiger partial charge in [-0.25, -0.2) is 0 Å².